The van der Waals surface area contributed by atoms with Gasteiger partial charge in [-0.1, -0.05) is 18.2 Å². The summed E-state index contributed by atoms with van der Waals surface area (Å²) in [5, 5.41) is 0. The number of nitrogens with zero attached hydrogens (tertiary/aromatic N) is 1. The first-order valence-corrected chi connectivity index (χ1v) is 7.99. The molecule has 0 radical (unpaired) electrons. The highest BCUT2D eigenvalue weighted by Crippen LogP contribution is 2.41. The van der Waals surface area contributed by atoms with Crippen LogP contribution in [0.25, 0.3) is 0 Å². The quantitative estimate of drug-likeness (QED) is 0.730. The number of rotatable bonds is 1. The van der Waals surface area contributed by atoms with Crippen LogP contribution in [0.2, 0.25) is 0 Å². The van der Waals surface area contributed by atoms with Crippen LogP contribution in [0.15, 0.2) is 60.9 Å². The van der Waals surface area contributed by atoms with Crippen LogP contribution >= 0.6 is 11.9 Å². The van der Waals surface area contributed by atoms with Crippen molar-refractivity contribution in [3.05, 3.63) is 53.6 Å². The van der Waals surface area contributed by atoms with Crippen molar-refractivity contribution in [1.82, 2.24) is 0 Å². The van der Waals surface area contributed by atoms with E-state index in [1.165, 1.54) is 11.9 Å². The molecule has 1 aliphatic rings. The summed E-state index contributed by atoms with van der Waals surface area (Å²) in [5.41, 5.74) is 2.23. The van der Waals surface area contributed by atoms with Gasteiger partial charge < -0.3 is 0 Å². The van der Waals surface area contributed by atoms with E-state index in [0.717, 1.165) is 25.8 Å². The van der Waals surface area contributed by atoms with E-state index in [-0.39, 0.29) is 0 Å². The lowest BCUT2D eigenvalue weighted by molar-refractivity contribution is 0.676. The van der Waals surface area contributed by atoms with Crippen molar-refractivity contribution in [3.8, 4) is 0 Å². The molecule has 0 bridgehead atoms. The smallest absolute Gasteiger partial charge is 0.116 e. The van der Waals surface area contributed by atoms with Gasteiger partial charge in [0.05, 0.1) is 9.79 Å². The van der Waals surface area contributed by atoms with Crippen LogP contribution in [0.1, 0.15) is 11.1 Å². The lowest BCUT2D eigenvalue weighted by Gasteiger charge is -2.07. The maximum Gasteiger partial charge on any atom is 0.116 e. The highest BCUT2D eigenvalue weighted by atomic mass is 32.2. The fourth-order valence-electron chi connectivity index (χ4n) is 2.00. The molecule has 0 N–H and O–H groups in total. The van der Waals surface area contributed by atoms with Gasteiger partial charge in [-0.05, 0) is 49.2 Å². The van der Waals surface area contributed by atoms with Crippen LogP contribution in [0.4, 0.5) is 0 Å². The van der Waals surface area contributed by atoms with Gasteiger partial charge in [-0.25, -0.2) is 4.21 Å². The summed E-state index contributed by atoms with van der Waals surface area (Å²) < 4.78 is 17.5. The second-order valence-electron chi connectivity index (χ2n) is 4.46. The lowest BCUT2D eigenvalue weighted by Crippen LogP contribution is -2.00. The van der Waals surface area contributed by atoms with E-state index in [0.29, 0.717) is 0 Å². The highest BCUT2D eigenvalue weighted by Gasteiger charge is 2.25. The largest absolute Gasteiger partial charge is 0.239 e. The normalized spacial score (nSPS) is 21.4. The van der Waals surface area contributed by atoms with Gasteiger partial charge in [-0.15, -0.1) is 0 Å². The monoisotopic (exact) mass is 275 g/mol. The minimum absolute atomic E-state index is 0.805. The van der Waals surface area contributed by atoms with Crippen molar-refractivity contribution >= 4 is 21.7 Å². The number of hydrogen-bond acceptors (Lipinski definition) is 3. The Bertz CT molecular complexity index is 743. The summed E-state index contributed by atoms with van der Waals surface area (Å²) >= 11 is 1.33. The van der Waals surface area contributed by atoms with E-state index in [9.17, 15) is 4.21 Å². The molecule has 0 aliphatic carbocycles. The number of fused-ring (bicyclic) bond motifs is 1. The van der Waals surface area contributed by atoms with Gasteiger partial charge in [0.15, 0.2) is 0 Å². The van der Waals surface area contributed by atoms with Crippen LogP contribution < -0.4 is 0 Å². The Kier molecular flexibility index (Phi) is 2.72. The fourth-order valence-corrected chi connectivity index (χ4v) is 5.68. The van der Waals surface area contributed by atoms with Gasteiger partial charge >= 0.3 is 0 Å². The zero-order valence-electron chi connectivity index (χ0n) is 10.2. The summed E-state index contributed by atoms with van der Waals surface area (Å²) in [6.07, 6.45) is 0. The zero-order chi connectivity index (χ0) is 12.8. The molecule has 1 atom stereocenters. The first-order chi connectivity index (χ1) is 8.59. The van der Waals surface area contributed by atoms with Crippen molar-refractivity contribution < 1.29 is 4.21 Å². The van der Waals surface area contributed by atoms with Crippen molar-refractivity contribution in [2.24, 2.45) is 3.77 Å². The molecule has 2 aromatic carbocycles. The molecule has 92 valence electrons. The van der Waals surface area contributed by atoms with Crippen molar-refractivity contribution in [2.75, 3.05) is 0 Å². The molecule has 18 heavy (non-hydrogen) atoms. The fraction of sp³-hybridized carbons (Fsp3) is 0.143. The van der Waals surface area contributed by atoms with Crippen LogP contribution in [-0.4, -0.2) is 4.21 Å². The Morgan fingerprint density at radius 3 is 2.61 bits per heavy atom. The topological polar surface area (TPSA) is 29.4 Å². The summed E-state index contributed by atoms with van der Waals surface area (Å²) in [5.74, 6) is 0. The van der Waals surface area contributed by atoms with Gasteiger partial charge in [-0.3, -0.25) is 0 Å². The third kappa shape index (κ3) is 1.76. The lowest BCUT2D eigenvalue weighted by atomic mass is 10.2. The predicted molar refractivity (Wildman–Crippen MR) is 75.3 cm³/mol. The zero-order valence-corrected chi connectivity index (χ0v) is 11.8. The molecule has 0 saturated carbocycles. The molecule has 0 aromatic heterocycles. The van der Waals surface area contributed by atoms with E-state index < -0.39 is 9.73 Å². The maximum absolute atomic E-state index is 13.1. The molecule has 0 saturated heterocycles. The van der Waals surface area contributed by atoms with E-state index in [4.69, 9.17) is 0 Å². The molecule has 1 heterocycles. The molecule has 0 spiro atoms. The molecule has 1 aliphatic heterocycles. The Labute approximate surface area is 112 Å². The van der Waals surface area contributed by atoms with Gasteiger partial charge in [-0.2, -0.15) is 3.77 Å². The Balaban J connectivity index is 2.26. The maximum atomic E-state index is 13.1. The van der Waals surface area contributed by atoms with E-state index in [2.05, 4.69) is 3.77 Å². The molecular formula is C14H13NOS2. The summed E-state index contributed by atoms with van der Waals surface area (Å²) in [7, 11) is -2.45. The second-order valence-corrected chi connectivity index (χ2v) is 7.64. The Hall–Kier alpha value is -1.26. The Morgan fingerprint density at radius 1 is 1.06 bits per heavy atom. The van der Waals surface area contributed by atoms with Crippen LogP contribution in [0, 0.1) is 13.8 Å². The van der Waals surface area contributed by atoms with E-state index in [1.54, 1.807) is 0 Å². The minimum atomic E-state index is -2.45. The van der Waals surface area contributed by atoms with E-state index in [1.807, 2.05) is 56.3 Å². The van der Waals surface area contributed by atoms with Crippen LogP contribution in [0.3, 0.4) is 0 Å². The first kappa shape index (κ1) is 11.8. The van der Waals surface area contributed by atoms with Gasteiger partial charge in [0.1, 0.15) is 9.73 Å². The average Bonchev–Trinajstić information content (AvgIpc) is 2.68. The first-order valence-electron chi connectivity index (χ1n) is 5.70. The molecule has 0 fully saturated rings. The van der Waals surface area contributed by atoms with Crippen LogP contribution in [0.5, 0.6) is 0 Å². The SMILES string of the molecule is Cc1cccc(S2(=O)=NSc3ccc(C)cc32)c1. The number of aryl methyl sites for hydroxylation is 2. The summed E-state index contributed by atoms with van der Waals surface area (Å²) in [6, 6.07) is 13.8. The van der Waals surface area contributed by atoms with Gasteiger partial charge in [0, 0.05) is 16.8 Å². The Morgan fingerprint density at radius 2 is 1.83 bits per heavy atom. The number of benzene rings is 2. The highest BCUT2D eigenvalue weighted by molar-refractivity contribution is 8.10. The van der Waals surface area contributed by atoms with Gasteiger partial charge in [0.25, 0.3) is 0 Å². The standard InChI is InChI=1S/C14H13NOS2/c1-10-4-3-5-12(8-10)18(16)14-9-11(2)6-7-13(14)17-15-18/h3-9H,1-2H3. The van der Waals surface area contributed by atoms with E-state index >= 15 is 0 Å². The number of hydrogen-bond donors (Lipinski definition) is 0. The molecule has 2 aromatic rings. The molecule has 3 rings (SSSR count). The molecular weight excluding hydrogens is 262 g/mol. The van der Waals surface area contributed by atoms with Crippen LogP contribution in [-0.2, 0) is 9.73 Å². The summed E-state index contributed by atoms with van der Waals surface area (Å²) in [6.45, 7) is 4.02. The third-order valence-corrected chi connectivity index (χ3v) is 6.59. The van der Waals surface area contributed by atoms with Crippen molar-refractivity contribution in [1.29, 1.82) is 0 Å². The van der Waals surface area contributed by atoms with Crippen molar-refractivity contribution in [3.63, 3.8) is 0 Å². The summed E-state index contributed by atoms with van der Waals surface area (Å²) in [4.78, 5) is 2.67. The second kappa shape index (κ2) is 4.14. The van der Waals surface area contributed by atoms with Crippen molar-refractivity contribution in [2.45, 2.75) is 28.5 Å². The molecule has 4 heteroatoms. The van der Waals surface area contributed by atoms with Gasteiger partial charge in [0.2, 0.25) is 0 Å². The molecule has 0 amide bonds. The minimum Gasteiger partial charge on any atom is -0.239 e. The predicted octanol–water partition coefficient (Wildman–Crippen LogP) is 4.21. The average molecular weight is 275 g/mol. The molecule has 1 unspecified atom stereocenters. The molecule has 2 nitrogen and oxygen atoms in total. The third-order valence-electron chi connectivity index (χ3n) is 2.95.